The molecule has 5 rings (SSSR count). The van der Waals surface area contributed by atoms with Crippen LogP contribution >= 0.6 is 27.5 Å². The molecule has 29 heavy (non-hydrogen) atoms. The van der Waals surface area contributed by atoms with Gasteiger partial charge in [-0.3, -0.25) is 0 Å². The molecule has 0 radical (unpaired) electrons. The van der Waals surface area contributed by atoms with Gasteiger partial charge in [0.25, 0.3) is 0 Å². The van der Waals surface area contributed by atoms with E-state index in [0.29, 0.717) is 5.02 Å². The van der Waals surface area contributed by atoms with Gasteiger partial charge in [0.1, 0.15) is 11.5 Å². The highest BCUT2D eigenvalue weighted by Crippen LogP contribution is 2.48. The molecule has 0 N–H and O–H groups in total. The van der Waals surface area contributed by atoms with Crippen LogP contribution in [0.3, 0.4) is 0 Å². The molecule has 4 nitrogen and oxygen atoms in total. The molecule has 3 aromatic carbocycles. The Labute approximate surface area is 182 Å². The van der Waals surface area contributed by atoms with E-state index in [2.05, 4.69) is 28.1 Å². The highest BCUT2D eigenvalue weighted by Gasteiger charge is 2.41. The van der Waals surface area contributed by atoms with Gasteiger partial charge in [0.15, 0.2) is 0 Å². The second-order valence-corrected chi connectivity index (χ2v) is 8.43. The van der Waals surface area contributed by atoms with E-state index >= 15 is 0 Å². The molecule has 2 aliphatic heterocycles. The number of hydrogen-bond acceptors (Lipinski definition) is 4. The van der Waals surface area contributed by atoms with Crippen molar-refractivity contribution in [3.05, 3.63) is 92.9 Å². The molecular weight excluding hydrogens is 452 g/mol. The molecule has 2 atom stereocenters. The van der Waals surface area contributed by atoms with Gasteiger partial charge in [-0.05, 0) is 48.0 Å². The predicted molar refractivity (Wildman–Crippen MR) is 118 cm³/mol. The van der Waals surface area contributed by atoms with Crippen LogP contribution in [-0.4, -0.2) is 17.8 Å². The largest absolute Gasteiger partial charge is 0.497 e. The van der Waals surface area contributed by atoms with Crippen molar-refractivity contribution in [1.29, 1.82) is 0 Å². The van der Waals surface area contributed by atoms with Crippen LogP contribution in [0.1, 0.15) is 35.4 Å². The number of rotatable bonds is 3. The molecule has 0 aromatic heterocycles. The summed E-state index contributed by atoms with van der Waals surface area (Å²) in [6.07, 6.45) is 0.454. The summed E-state index contributed by atoms with van der Waals surface area (Å²) < 4.78 is 12.8. The Morgan fingerprint density at radius 1 is 1.10 bits per heavy atom. The molecule has 0 fully saturated rings. The summed E-state index contributed by atoms with van der Waals surface area (Å²) in [4.78, 5) is 0. The molecule has 146 valence electrons. The first-order chi connectivity index (χ1) is 14.1. The molecule has 6 heteroatoms. The number of ether oxygens (including phenoxy) is 2. The van der Waals surface area contributed by atoms with E-state index in [1.165, 1.54) is 0 Å². The lowest BCUT2D eigenvalue weighted by Crippen LogP contribution is -2.33. The number of nitrogens with zero attached hydrogens (tertiary/aromatic N) is 2. The molecule has 2 heterocycles. The number of benzene rings is 3. The Hall–Kier alpha value is -2.50. The van der Waals surface area contributed by atoms with E-state index in [0.717, 1.165) is 44.8 Å². The normalized spacial score (nSPS) is 19.8. The van der Waals surface area contributed by atoms with Crippen molar-refractivity contribution in [3.63, 3.8) is 0 Å². The predicted octanol–water partition coefficient (Wildman–Crippen LogP) is 6.35. The standard InChI is InChI=1S/C23H18BrClN2O2/c1-28-18-4-2-3-15(11-18)23-27-21(19-12-17(25)9-10-22(19)29-23)13-20(26-27)14-5-7-16(24)8-6-14/h2-12,21,23H,13H2,1H3. The van der Waals surface area contributed by atoms with Crippen LogP contribution in [0.5, 0.6) is 11.5 Å². The second kappa shape index (κ2) is 7.39. The molecule has 0 bridgehead atoms. The summed E-state index contributed by atoms with van der Waals surface area (Å²) in [5.74, 6) is 1.64. The van der Waals surface area contributed by atoms with Crippen molar-refractivity contribution in [1.82, 2.24) is 5.01 Å². The van der Waals surface area contributed by atoms with Gasteiger partial charge in [-0.2, -0.15) is 5.10 Å². The van der Waals surface area contributed by atoms with Gasteiger partial charge < -0.3 is 9.47 Å². The summed E-state index contributed by atoms with van der Waals surface area (Å²) in [6.45, 7) is 0. The van der Waals surface area contributed by atoms with E-state index in [4.69, 9.17) is 26.2 Å². The quantitative estimate of drug-likeness (QED) is 0.448. The molecule has 2 aliphatic rings. The number of fused-ring (bicyclic) bond motifs is 3. The minimum absolute atomic E-state index is 0.0623. The van der Waals surface area contributed by atoms with Crippen LogP contribution in [0.15, 0.2) is 76.3 Å². The highest BCUT2D eigenvalue weighted by molar-refractivity contribution is 9.10. The molecule has 0 saturated carbocycles. The van der Waals surface area contributed by atoms with E-state index in [-0.39, 0.29) is 12.3 Å². The monoisotopic (exact) mass is 468 g/mol. The molecular formula is C23H18BrClN2O2. The second-order valence-electron chi connectivity index (χ2n) is 7.08. The minimum atomic E-state index is -0.336. The fourth-order valence-electron chi connectivity index (χ4n) is 3.89. The fourth-order valence-corrected chi connectivity index (χ4v) is 4.33. The Morgan fingerprint density at radius 2 is 1.93 bits per heavy atom. The molecule has 0 amide bonds. The van der Waals surface area contributed by atoms with Crippen LogP contribution in [0, 0.1) is 0 Å². The number of hydrogen-bond donors (Lipinski definition) is 0. The smallest absolute Gasteiger partial charge is 0.214 e. The topological polar surface area (TPSA) is 34.1 Å². The lowest BCUT2D eigenvalue weighted by Gasteiger charge is -2.38. The van der Waals surface area contributed by atoms with E-state index < -0.39 is 0 Å². The molecule has 0 spiro atoms. The van der Waals surface area contributed by atoms with Crippen LogP contribution in [-0.2, 0) is 0 Å². The third-order valence-electron chi connectivity index (χ3n) is 5.31. The van der Waals surface area contributed by atoms with Crippen molar-refractivity contribution >= 4 is 33.2 Å². The van der Waals surface area contributed by atoms with E-state index in [9.17, 15) is 0 Å². The number of methoxy groups -OCH3 is 1. The summed E-state index contributed by atoms with van der Waals surface area (Å²) >= 11 is 9.80. The van der Waals surface area contributed by atoms with Gasteiger partial charge in [-0.15, -0.1) is 0 Å². The van der Waals surface area contributed by atoms with Crippen LogP contribution in [0.25, 0.3) is 0 Å². The molecule has 2 unspecified atom stereocenters. The maximum Gasteiger partial charge on any atom is 0.214 e. The van der Waals surface area contributed by atoms with Crippen molar-refractivity contribution in [2.24, 2.45) is 5.10 Å². The zero-order chi connectivity index (χ0) is 20.0. The zero-order valence-electron chi connectivity index (χ0n) is 15.7. The fraction of sp³-hybridized carbons (Fsp3) is 0.174. The van der Waals surface area contributed by atoms with Gasteiger partial charge in [0.2, 0.25) is 6.23 Å². The number of hydrazone groups is 1. The first-order valence-corrected chi connectivity index (χ1v) is 10.5. The average Bonchev–Trinajstić information content (AvgIpc) is 3.19. The first kappa shape index (κ1) is 18.5. The van der Waals surface area contributed by atoms with Crippen molar-refractivity contribution < 1.29 is 9.47 Å². The van der Waals surface area contributed by atoms with Crippen LogP contribution < -0.4 is 9.47 Å². The molecule has 0 aliphatic carbocycles. The maximum atomic E-state index is 6.39. The third kappa shape index (κ3) is 3.38. The van der Waals surface area contributed by atoms with Gasteiger partial charge in [0.05, 0.1) is 18.9 Å². The summed E-state index contributed by atoms with van der Waals surface area (Å²) in [5, 5.41) is 7.72. The summed E-state index contributed by atoms with van der Waals surface area (Å²) in [6, 6.07) is 22.0. The lowest BCUT2D eigenvalue weighted by molar-refractivity contribution is -0.0191. The third-order valence-corrected chi connectivity index (χ3v) is 6.07. The van der Waals surface area contributed by atoms with Gasteiger partial charge in [0, 0.05) is 27.0 Å². The zero-order valence-corrected chi connectivity index (χ0v) is 18.0. The molecule has 0 saturated heterocycles. The Balaban J connectivity index is 1.60. The SMILES string of the molecule is COc1cccc(C2Oc3ccc(Cl)cc3C3CC(c4ccc(Br)cc4)=NN32)c1. The highest BCUT2D eigenvalue weighted by atomic mass is 79.9. The van der Waals surface area contributed by atoms with Crippen LogP contribution in [0.2, 0.25) is 5.02 Å². The lowest BCUT2D eigenvalue weighted by atomic mass is 9.96. The summed E-state index contributed by atoms with van der Waals surface area (Å²) in [7, 11) is 1.67. The Morgan fingerprint density at radius 3 is 2.72 bits per heavy atom. The van der Waals surface area contributed by atoms with Gasteiger partial charge in [-0.1, -0.05) is 51.8 Å². The number of halogens is 2. The maximum absolute atomic E-state index is 6.39. The van der Waals surface area contributed by atoms with E-state index in [1.807, 2.05) is 59.6 Å². The average molecular weight is 470 g/mol. The minimum Gasteiger partial charge on any atom is -0.497 e. The van der Waals surface area contributed by atoms with Crippen molar-refractivity contribution in [2.45, 2.75) is 18.7 Å². The van der Waals surface area contributed by atoms with Crippen LogP contribution in [0.4, 0.5) is 0 Å². The van der Waals surface area contributed by atoms with Gasteiger partial charge >= 0.3 is 0 Å². The Bertz CT molecular complexity index is 1100. The molecule has 3 aromatic rings. The van der Waals surface area contributed by atoms with Crippen molar-refractivity contribution in [3.8, 4) is 11.5 Å². The van der Waals surface area contributed by atoms with Crippen molar-refractivity contribution in [2.75, 3.05) is 7.11 Å². The van der Waals surface area contributed by atoms with E-state index in [1.54, 1.807) is 7.11 Å². The first-order valence-electron chi connectivity index (χ1n) is 9.34. The van der Waals surface area contributed by atoms with Gasteiger partial charge in [-0.25, -0.2) is 5.01 Å². The Kier molecular flexibility index (Phi) is 4.72. The summed E-state index contributed by atoms with van der Waals surface area (Å²) in [5.41, 5.74) is 4.20.